The normalized spacial score (nSPS) is 21.2. The molecule has 1 N–H and O–H groups in total. The van der Waals surface area contributed by atoms with Gasteiger partial charge in [-0.15, -0.1) is 0 Å². The van der Waals surface area contributed by atoms with E-state index in [2.05, 4.69) is 15.4 Å². The Balaban J connectivity index is 1.44. The van der Waals surface area contributed by atoms with Gasteiger partial charge in [-0.05, 0) is 43.9 Å². The molecule has 144 valence electrons. The van der Waals surface area contributed by atoms with Crippen LogP contribution in [-0.2, 0) is 17.6 Å². The number of hydrogen-bond acceptors (Lipinski definition) is 5. The van der Waals surface area contributed by atoms with Crippen molar-refractivity contribution in [3.8, 4) is 0 Å². The summed E-state index contributed by atoms with van der Waals surface area (Å²) in [6.07, 6.45) is 4.65. The summed E-state index contributed by atoms with van der Waals surface area (Å²) in [5, 5.41) is 7.61. The first-order chi connectivity index (χ1) is 13.6. The van der Waals surface area contributed by atoms with Crippen LogP contribution in [0.15, 0.2) is 35.3 Å². The molecule has 2 unspecified atom stereocenters. The zero-order valence-corrected chi connectivity index (χ0v) is 15.6. The van der Waals surface area contributed by atoms with Crippen molar-refractivity contribution < 1.29 is 9.53 Å². The smallest absolute Gasteiger partial charge is 0.270 e. The largest absolute Gasteiger partial charge is 0.377 e. The lowest BCUT2D eigenvalue weighted by Gasteiger charge is -2.21. The molecule has 1 aliphatic heterocycles. The maximum absolute atomic E-state index is 13.0. The summed E-state index contributed by atoms with van der Waals surface area (Å²) in [6, 6.07) is 6.64. The number of ether oxygens (including phenoxy) is 1. The molecule has 2 atom stereocenters. The van der Waals surface area contributed by atoms with Gasteiger partial charge < -0.3 is 10.1 Å². The van der Waals surface area contributed by atoms with E-state index in [9.17, 15) is 9.59 Å². The molecule has 1 amide bonds. The van der Waals surface area contributed by atoms with Crippen LogP contribution in [0.4, 0.5) is 0 Å². The minimum absolute atomic E-state index is 0.138. The van der Waals surface area contributed by atoms with Crippen LogP contribution in [0.25, 0.3) is 5.65 Å². The van der Waals surface area contributed by atoms with Crippen molar-refractivity contribution in [2.75, 3.05) is 13.2 Å². The molecule has 1 saturated heterocycles. The third-order valence-electron chi connectivity index (χ3n) is 5.58. The minimum atomic E-state index is -0.328. The highest BCUT2D eigenvalue weighted by atomic mass is 16.5. The van der Waals surface area contributed by atoms with Crippen LogP contribution in [0.5, 0.6) is 0 Å². The monoisotopic (exact) mass is 379 g/mol. The average Bonchev–Trinajstić information content (AvgIpc) is 3.38. The fourth-order valence-corrected chi connectivity index (χ4v) is 4.20. The number of nitrogens with one attached hydrogen (secondary N) is 1. The van der Waals surface area contributed by atoms with Gasteiger partial charge >= 0.3 is 0 Å². The van der Waals surface area contributed by atoms with Gasteiger partial charge in [0.15, 0.2) is 0 Å². The van der Waals surface area contributed by atoms with E-state index in [1.54, 1.807) is 10.5 Å². The van der Waals surface area contributed by atoms with Gasteiger partial charge in [0.25, 0.3) is 11.5 Å². The number of carbonyl (C=O) groups excluding carboxylic acids is 1. The third kappa shape index (κ3) is 2.72. The molecular formula is C20H21N5O3. The second-order valence-corrected chi connectivity index (χ2v) is 7.41. The Labute approximate surface area is 161 Å². The van der Waals surface area contributed by atoms with Crippen LogP contribution in [0.3, 0.4) is 0 Å². The van der Waals surface area contributed by atoms with Crippen molar-refractivity contribution in [2.24, 2.45) is 0 Å². The molecule has 4 heterocycles. The Morgan fingerprint density at radius 2 is 2.18 bits per heavy atom. The lowest BCUT2D eigenvalue weighted by Crippen LogP contribution is -2.44. The average molecular weight is 379 g/mol. The molecule has 8 nitrogen and oxygen atoms in total. The van der Waals surface area contributed by atoms with E-state index in [0.29, 0.717) is 24.6 Å². The van der Waals surface area contributed by atoms with Crippen molar-refractivity contribution >= 4 is 11.6 Å². The molecule has 1 aliphatic carbocycles. The van der Waals surface area contributed by atoms with Gasteiger partial charge in [0, 0.05) is 12.3 Å². The minimum Gasteiger partial charge on any atom is -0.377 e. The predicted molar refractivity (Wildman–Crippen MR) is 102 cm³/mol. The molecule has 3 aromatic heterocycles. The fraction of sp³-hybridized carbons (Fsp3) is 0.400. The second-order valence-electron chi connectivity index (χ2n) is 7.41. The summed E-state index contributed by atoms with van der Waals surface area (Å²) < 4.78 is 8.86. The van der Waals surface area contributed by atoms with E-state index in [4.69, 9.17) is 4.74 Å². The topological polar surface area (TPSA) is 90.5 Å². The van der Waals surface area contributed by atoms with Crippen LogP contribution in [0, 0.1) is 6.92 Å². The van der Waals surface area contributed by atoms with E-state index >= 15 is 0 Å². The Bertz CT molecular complexity index is 1130. The zero-order chi connectivity index (χ0) is 19.3. The Morgan fingerprint density at radius 1 is 1.29 bits per heavy atom. The van der Waals surface area contributed by atoms with Crippen molar-refractivity contribution in [1.82, 2.24) is 24.5 Å². The van der Waals surface area contributed by atoms with Gasteiger partial charge in [0.1, 0.15) is 17.4 Å². The lowest BCUT2D eigenvalue weighted by molar-refractivity contribution is 0.0918. The molecule has 0 bridgehead atoms. The van der Waals surface area contributed by atoms with Crippen LogP contribution in [0.2, 0.25) is 0 Å². The maximum Gasteiger partial charge on any atom is 0.270 e. The molecule has 28 heavy (non-hydrogen) atoms. The van der Waals surface area contributed by atoms with Crippen LogP contribution < -0.4 is 10.9 Å². The van der Waals surface area contributed by atoms with Crippen molar-refractivity contribution in [2.45, 2.75) is 38.3 Å². The van der Waals surface area contributed by atoms with Crippen molar-refractivity contribution in [1.29, 1.82) is 0 Å². The third-order valence-corrected chi connectivity index (χ3v) is 5.58. The number of pyridine rings is 1. The molecule has 0 aromatic carbocycles. The number of aryl methyl sites for hydroxylation is 3. The number of nitrogens with zero attached hydrogens (tertiary/aromatic N) is 4. The van der Waals surface area contributed by atoms with Crippen LogP contribution in [-0.4, -0.2) is 44.3 Å². The lowest BCUT2D eigenvalue weighted by atomic mass is 10.1. The van der Waals surface area contributed by atoms with Gasteiger partial charge in [0.05, 0.1) is 30.6 Å². The Hall–Kier alpha value is -3.00. The second kappa shape index (κ2) is 6.56. The maximum atomic E-state index is 13.0. The standard InChI is InChI=1S/C20H21N5O3/c1-12-19(24-8-3-2-7-17(24)21-12)20(27)22-15-10-28-11-16(15)25-18(26)9-13-5-4-6-14(13)23-25/h2-3,7-9,15-16H,4-6,10-11H2,1H3,(H,22,27). The summed E-state index contributed by atoms with van der Waals surface area (Å²) >= 11 is 0. The molecular weight excluding hydrogens is 358 g/mol. The number of rotatable bonds is 3. The highest BCUT2D eigenvalue weighted by Gasteiger charge is 2.34. The zero-order valence-electron chi connectivity index (χ0n) is 15.6. The molecule has 2 aliphatic rings. The van der Waals surface area contributed by atoms with Crippen LogP contribution >= 0.6 is 0 Å². The highest BCUT2D eigenvalue weighted by Crippen LogP contribution is 2.22. The Kier molecular flexibility index (Phi) is 4.01. The summed E-state index contributed by atoms with van der Waals surface area (Å²) in [5.74, 6) is -0.231. The number of amides is 1. The summed E-state index contributed by atoms with van der Waals surface area (Å²) in [7, 11) is 0. The molecule has 3 aromatic rings. The van der Waals surface area contributed by atoms with E-state index in [1.165, 1.54) is 4.68 Å². The quantitative estimate of drug-likeness (QED) is 0.735. The number of fused-ring (bicyclic) bond motifs is 2. The first kappa shape index (κ1) is 17.1. The molecule has 8 heteroatoms. The molecule has 0 spiro atoms. The van der Waals surface area contributed by atoms with Gasteiger partial charge in [-0.1, -0.05) is 6.07 Å². The van der Waals surface area contributed by atoms with Gasteiger partial charge in [-0.3, -0.25) is 14.0 Å². The highest BCUT2D eigenvalue weighted by molar-refractivity contribution is 5.94. The fourth-order valence-electron chi connectivity index (χ4n) is 4.20. The summed E-state index contributed by atoms with van der Waals surface area (Å²) in [6.45, 7) is 2.51. The van der Waals surface area contributed by atoms with Gasteiger partial charge in [-0.2, -0.15) is 5.10 Å². The first-order valence-electron chi connectivity index (χ1n) is 9.56. The summed E-state index contributed by atoms with van der Waals surface area (Å²) in [4.78, 5) is 30.0. The van der Waals surface area contributed by atoms with E-state index in [-0.39, 0.29) is 23.6 Å². The number of hydrogen-bond donors (Lipinski definition) is 1. The van der Waals surface area contributed by atoms with Gasteiger partial charge in [-0.25, -0.2) is 9.67 Å². The number of carbonyl (C=O) groups is 1. The van der Waals surface area contributed by atoms with Crippen molar-refractivity contribution in [3.05, 3.63) is 63.5 Å². The predicted octanol–water partition coefficient (Wildman–Crippen LogP) is 1.06. The van der Waals surface area contributed by atoms with E-state index < -0.39 is 0 Å². The van der Waals surface area contributed by atoms with Crippen molar-refractivity contribution in [3.63, 3.8) is 0 Å². The van der Waals surface area contributed by atoms with Crippen LogP contribution in [0.1, 0.15) is 39.9 Å². The molecule has 0 radical (unpaired) electrons. The summed E-state index contributed by atoms with van der Waals surface area (Å²) in [5.41, 5.74) is 3.76. The number of imidazole rings is 1. The van der Waals surface area contributed by atoms with E-state index in [0.717, 1.165) is 36.2 Å². The Morgan fingerprint density at radius 3 is 3.07 bits per heavy atom. The molecule has 1 fully saturated rings. The molecule has 0 saturated carbocycles. The first-order valence-corrected chi connectivity index (χ1v) is 9.56. The van der Waals surface area contributed by atoms with E-state index in [1.807, 2.05) is 31.3 Å². The number of aromatic nitrogens is 4. The molecule has 5 rings (SSSR count). The SMILES string of the molecule is Cc1nc2ccccn2c1C(=O)NC1COCC1n1nc2c(cc1=O)CCC2. The van der Waals surface area contributed by atoms with Gasteiger partial charge in [0.2, 0.25) is 0 Å².